The monoisotopic (exact) mass is 566 g/mol. The van der Waals surface area contributed by atoms with Gasteiger partial charge in [-0.3, -0.25) is 4.99 Å². The summed E-state index contributed by atoms with van der Waals surface area (Å²) in [6.07, 6.45) is 1.93. The first-order valence-electron chi connectivity index (χ1n) is 9.54. The number of halogens is 3. The molecule has 0 aliphatic rings. The van der Waals surface area contributed by atoms with Gasteiger partial charge in [0.05, 0.1) is 5.75 Å². The number of sulfone groups is 1. The molecule has 0 atom stereocenters. The molecule has 0 aliphatic carbocycles. The minimum atomic E-state index is -3.23. The van der Waals surface area contributed by atoms with Crippen LogP contribution in [-0.2, 0) is 22.1 Å². The summed E-state index contributed by atoms with van der Waals surface area (Å²) in [5.74, 6) is -0.317. The van der Waals surface area contributed by atoms with Crippen molar-refractivity contribution in [1.82, 2.24) is 10.6 Å². The van der Waals surface area contributed by atoms with E-state index in [1.54, 1.807) is 13.1 Å². The van der Waals surface area contributed by atoms with Crippen molar-refractivity contribution in [3.8, 4) is 0 Å². The average Bonchev–Trinajstić information content (AvgIpc) is 2.68. The Morgan fingerprint density at radius 3 is 2.42 bits per heavy atom. The van der Waals surface area contributed by atoms with Crippen molar-refractivity contribution in [2.75, 3.05) is 38.3 Å². The SMILES string of the molecule is CN=C(NCCCN(C)c1cccc(F)c1)NCc1cc(F)ccc1CS(C)(=O)=O.I. The van der Waals surface area contributed by atoms with Gasteiger partial charge in [-0.25, -0.2) is 17.2 Å². The lowest BCUT2D eigenvalue weighted by molar-refractivity contribution is 0.599. The summed E-state index contributed by atoms with van der Waals surface area (Å²) in [6, 6.07) is 10.5. The van der Waals surface area contributed by atoms with Gasteiger partial charge in [0.2, 0.25) is 0 Å². The maximum atomic E-state index is 13.6. The maximum absolute atomic E-state index is 13.6. The number of hydrogen-bond donors (Lipinski definition) is 2. The first kappa shape index (κ1) is 27.1. The lowest BCUT2D eigenvalue weighted by atomic mass is 10.1. The van der Waals surface area contributed by atoms with Gasteiger partial charge in [-0.2, -0.15) is 0 Å². The van der Waals surface area contributed by atoms with Crippen LogP contribution < -0.4 is 15.5 Å². The molecular formula is C21H29F2IN4O2S. The number of anilines is 1. The molecule has 2 aromatic rings. The second-order valence-corrected chi connectivity index (χ2v) is 9.23. The third-order valence-corrected chi connectivity index (χ3v) is 5.30. The van der Waals surface area contributed by atoms with E-state index in [-0.39, 0.29) is 42.1 Å². The lowest BCUT2D eigenvalue weighted by Gasteiger charge is -2.20. The van der Waals surface area contributed by atoms with E-state index >= 15 is 0 Å². The summed E-state index contributed by atoms with van der Waals surface area (Å²) in [4.78, 5) is 6.10. The topological polar surface area (TPSA) is 73.8 Å². The van der Waals surface area contributed by atoms with Crippen molar-refractivity contribution in [1.29, 1.82) is 0 Å². The van der Waals surface area contributed by atoms with Crippen molar-refractivity contribution in [3.05, 3.63) is 65.2 Å². The van der Waals surface area contributed by atoms with Crippen LogP contribution in [0.2, 0.25) is 0 Å². The van der Waals surface area contributed by atoms with Gasteiger partial charge in [0.25, 0.3) is 0 Å². The highest BCUT2D eigenvalue weighted by Crippen LogP contribution is 2.15. The molecular weight excluding hydrogens is 537 g/mol. The zero-order valence-corrected chi connectivity index (χ0v) is 21.0. The van der Waals surface area contributed by atoms with Crippen LogP contribution >= 0.6 is 24.0 Å². The minimum absolute atomic E-state index is 0. The molecule has 0 saturated carbocycles. The van der Waals surface area contributed by atoms with Crippen molar-refractivity contribution in [2.45, 2.75) is 18.7 Å². The quantitative estimate of drug-likeness (QED) is 0.211. The van der Waals surface area contributed by atoms with Gasteiger partial charge in [-0.1, -0.05) is 12.1 Å². The summed E-state index contributed by atoms with van der Waals surface area (Å²) in [7, 11) is 0.288. The fourth-order valence-corrected chi connectivity index (χ4v) is 3.79. The average molecular weight is 566 g/mol. The number of nitrogens with one attached hydrogen (secondary N) is 2. The molecule has 0 aliphatic heterocycles. The van der Waals surface area contributed by atoms with Crippen LogP contribution in [0, 0.1) is 11.6 Å². The highest BCUT2D eigenvalue weighted by molar-refractivity contribution is 14.0. The molecule has 2 N–H and O–H groups in total. The number of guanidine groups is 1. The molecule has 2 aromatic carbocycles. The summed E-state index contributed by atoms with van der Waals surface area (Å²) in [5, 5.41) is 6.25. The number of benzene rings is 2. The highest BCUT2D eigenvalue weighted by atomic mass is 127. The van der Waals surface area contributed by atoms with E-state index in [4.69, 9.17) is 0 Å². The molecule has 172 valence electrons. The molecule has 10 heteroatoms. The highest BCUT2D eigenvalue weighted by Gasteiger charge is 2.11. The van der Waals surface area contributed by atoms with Gasteiger partial charge in [-0.15, -0.1) is 24.0 Å². The van der Waals surface area contributed by atoms with Crippen LogP contribution in [0.25, 0.3) is 0 Å². The Kier molecular flexibility index (Phi) is 11.2. The maximum Gasteiger partial charge on any atom is 0.191 e. The van der Waals surface area contributed by atoms with Gasteiger partial charge in [0, 0.05) is 45.7 Å². The van der Waals surface area contributed by atoms with Gasteiger partial charge in [0.15, 0.2) is 15.8 Å². The summed E-state index contributed by atoms with van der Waals surface area (Å²) in [5.41, 5.74) is 1.93. The van der Waals surface area contributed by atoms with E-state index in [0.29, 0.717) is 23.6 Å². The lowest BCUT2D eigenvalue weighted by Crippen LogP contribution is -2.38. The normalized spacial score (nSPS) is 11.6. The van der Waals surface area contributed by atoms with Crippen LogP contribution in [0.15, 0.2) is 47.5 Å². The number of nitrogens with zero attached hydrogens (tertiary/aromatic N) is 2. The predicted molar refractivity (Wildman–Crippen MR) is 133 cm³/mol. The molecule has 31 heavy (non-hydrogen) atoms. The molecule has 0 heterocycles. The van der Waals surface area contributed by atoms with E-state index in [1.165, 1.54) is 30.3 Å². The van der Waals surface area contributed by atoms with Gasteiger partial charge >= 0.3 is 0 Å². The fraction of sp³-hybridized carbons (Fsp3) is 0.381. The Labute approximate surface area is 200 Å². The van der Waals surface area contributed by atoms with Crippen LogP contribution in [0.1, 0.15) is 17.5 Å². The van der Waals surface area contributed by atoms with Crippen LogP contribution in [0.4, 0.5) is 14.5 Å². The Bertz CT molecular complexity index is 987. The molecule has 0 unspecified atom stereocenters. The third kappa shape index (κ3) is 9.81. The van der Waals surface area contributed by atoms with E-state index < -0.39 is 15.7 Å². The van der Waals surface area contributed by atoms with Gasteiger partial charge in [-0.05, 0) is 47.9 Å². The molecule has 0 amide bonds. The first-order chi connectivity index (χ1) is 14.2. The molecule has 0 aromatic heterocycles. The Hall–Kier alpha value is -1.95. The Balaban J connectivity index is 0.00000480. The molecule has 0 spiro atoms. The molecule has 2 rings (SSSR count). The van der Waals surface area contributed by atoms with E-state index in [9.17, 15) is 17.2 Å². The van der Waals surface area contributed by atoms with E-state index in [1.807, 2.05) is 18.0 Å². The van der Waals surface area contributed by atoms with E-state index in [0.717, 1.165) is 24.9 Å². The van der Waals surface area contributed by atoms with Crippen LogP contribution in [-0.4, -0.2) is 47.8 Å². The number of hydrogen-bond acceptors (Lipinski definition) is 4. The van der Waals surface area contributed by atoms with Crippen LogP contribution in [0.5, 0.6) is 0 Å². The Morgan fingerprint density at radius 1 is 1.06 bits per heavy atom. The molecule has 0 radical (unpaired) electrons. The minimum Gasteiger partial charge on any atom is -0.374 e. The van der Waals surface area contributed by atoms with E-state index in [2.05, 4.69) is 15.6 Å². The second kappa shape index (κ2) is 12.8. The number of rotatable bonds is 9. The van der Waals surface area contributed by atoms with Crippen molar-refractivity contribution < 1.29 is 17.2 Å². The Morgan fingerprint density at radius 2 is 1.77 bits per heavy atom. The second-order valence-electron chi connectivity index (χ2n) is 7.09. The van der Waals surface area contributed by atoms with Crippen molar-refractivity contribution in [3.63, 3.8) is 0 Å². The first-order valence-corrected chi connectivity index (χ1v) is 11.6. The molecule has 0 fully saturated rings. The standard InChI is InChI=1S/C21H28F2N4O2S.HI/c1-24-21(25-10-5-11-27(2)20-7-4-6-18(22)13-20)26-14-17-12-19(23)9-8-16(17)15-30(3,28)29;/h4,6-9,12-13H,5,10-11,14-15H2,1-3H3,(H2,24,25,26);1H. The summed E-state index contributed by atoms with van der Waals surface area (Å²) in [6.45, 7) is 1.58. The summed E-state index contributed by atoms with van der Waals surface area (Å²) >= 11 is 0. The zero-order valence-electron chi connectivity index (χ0n) is 17.9. The number of aliphatic imine (C=N–C) groups is 1. The smallest absolute Gasteiger partial charge is 0.191 e. The molecule has 0 bridgehead atoms. The fourth-order valence-electron chi connectivity index (χ4n) is 2.95. The molecule has 0 saturated heterocycles. The van der Waals surface area contributed by atoms with Crippen LogP contribution in [0.3, 0.4) is 0 Å². The third-order valence-electron chi connectivity index (χ3n) is 4.47. The van der Waals surface area contributed by atoms with Gasteiger partial charge < -0.3 is 15.5 Å². The summed E-state index contributed by atoms with van der Waals surface area (Å²) < 4.78 is 50.2. The van der Waals surface area contributed by atoms with Crippen molar-refractivity contribution >= 4 is 45.5 Å². The van der Waals surface area contributed by atoms with Crippen molar-refractivity contribution in [2.24, 2.45) is 4.99 Å². The predicted octanol–water partition coefficient (Wildman–Crippen LogP) is 3.32. The van der Waals surface area contributed by atoms with Gasteiger partial charge in [0.1, 0.15) is 11.6 Å². The zero-order chi connectivity index (χ0) is 22.1. The largest absolute Gasteiger partial charge is 0.374 e. The molecule has 6 nitrogen and oxygen atoms in total.